The second kappa shape index (κ2) is 13.0. The van der Waals surface area contributed by atoms with Gasteiger partial charge in [-0.1, -0.05) is 48.8 Å². The first-order chi connectivity index (χ1) is 14.6. The van der Waals surface area contributed by atoms with Crippen LogP contribution in [0.2, 0.25) is 0 Å². The minimum Gasteiger partial charge on any atom is -0.379 e. The largest absolute Gasteiger partial charge is 0.379 e. The molecule has 2 aromatic rings. The predicted molar refractivity (Wildman–Crippen MR) is 135 cm³/mol. The van der Waals surface area contributed by atoms with Crippen molar-refractivity contribution >= 4 is 29.9 Å². The zero-order valence-electron chi connectivity index (χ0n) is 19.1. The number of halogens is 1. The van der Waals surface area contributed by atoms with Crippen LogP contribution >= 0.6 is 24.0 Å². The highest BCUT2D eigenvalue weighted by molar-refractivity contribution is 14.0. The zero-order chi connectivity index (χ0) is 21.3. The van der Waals surface area contributed by atoms with Crippen molar-refractivity contribution in [2.75, 3.05) is 39.4 Å². The van der Waals surface area contributed by atoms with E-state index in [4.69, 9.17) is 14.3 Å². The van der Waals surface area contributed by atoms with E-state index in [2.05, 4.69) is 72.7 Å². The lowest BCUT2D eigenvalue weighted by molar-refractivity contribution is 0.0170. The molecule has 3 rings (SSSR count). The van der Waals surface area contributed by atoms with Gasteiger partial charge in [0.1, 0.15) is 6.54 Å². The van der Waals surface area contributed by atoms with Gasteiger partial charge < -0.3 is 19.9 Å². The van der Waals surface area contributed by atoms with E-state index >= 15 is 0 Å². The summed E-state index contributed by atoms with van der Waals surface area (Å²) in [5.41, 5.74) is 3.54. The van der Waals surface area contributed by atoms with Crippen LogP contribution < -0.4 is 10.6 Å². The molecule has 0 saturated carbocycles. The fourth-order valence-corrected chi connectivity index (χ4v) is 3.50. The van der Waals surface area contributed by atoms with Crippen LogP contribution in [0.15, 0.2) is 39.8 Å². The first-order valence-corrected chi connectivity index (χ1v) is 10.9. The van der Waals surface area contributed by atoms with Crippen molar-refractivity contribution < 1.29 is 9.26 Å². The average molecular weight is 541 g/mol. The standard InChI is InChI=1S/C23H35N5O2.HI/c1-5-24-23(25-15-20-14-21(17(2)3)27-30-20)26-16-22(28-10-12-29-13-11-28)19-8-6-18(4)7-9-19;/h6-9,14,17,22H,5,10-13,15-16H2,1-4H3,(H2,24,25,26);1H. The van der Waals surface area contributed by atoms with Crippen LogP contribution in [0.1, 0.15) is 55.3 Å². The van der Waals surface area contributed by atoms with Crippen LogP contribution in [0.3, 0.4) is 0 Å². The molecular weight excluding hydrogens is 505 g/mol. The molecule has 1 saturated heterocycles. The number of benzene rings is 1. The Morgan fingerprint density at radius 1 is 1.16 bits per heavy atom. The zero-order valence-corrected chi connectivity index (χ0v) is 21.4. The van der Waals surface area contributed by atoms with Gasteiger partial charge in [0.15, 0.2) is 11.7 Å². The first kappa shape index (κ1) is 25.6. The van der Waals surface area contributed by atoms with Gasteiger partial charge in [-0.2, -0.15) is 0 Å². The van der Waals surface area contributed by atoms with Crippen LogP contribution in [0, 0.1) is 6.92 Å². The summed E-state index contributed by atoms with van der Waals surface area (Å²) in [5.74, 6) is 1.91. The summed E-state index contributed by atoms with van der Waals surface area (Å²) >= 11 is 0. The highest BCUT2D eigenvalue weighted by atomic mass is 127. The third kappa shape index (κ3) is 7.76. The van der Waals surface area contributed by atoms with Crippen molar-refractivity contribution in [1.82, 2.24) is 20.7 Å². The molecule has 1 aliphatic rings. The van der Waals surface area contributed by atoms with Crippen LogP contribution in [0.4, 0.5) is 0 Å². The molecule has 1 unspecified atom stereocenters. The molecule has 2 N–H and O–H groups in total. The third-order valence-corrected chi connectivity index (χ3v) is 5.32. The van der Waals surface area contributed by atoms with Gasteiger partial charge in [-0.25, -0.2) is 4.99 Å². The number of nitrogens with one attached hydrogen (secondary N) is 2. The molecule has 172 valence electrons. The first-order valence-electron chi connectivity index (χ1n) is 10.9. The lowest BCUT2D eigenvalue weighted by Crippen LogP contribution is -2.46. The Labute approximate surface area is 203 Å². The average Bonchev–Trinajstić information content (AvgIpc) is 3.23. The molecule has 0 aliphatic carbocycles. The van der Waals surface area contributed by atoms with Crippen molar-refractivity contribution in [2.45, 2.75) is 46.2 Å². The Hall–Kier alpha value is -1.65. The van der Waals surface area contributed by atoms with E-state index in [1.165, 1.54) is 11.1 Å². The molecule has 1 atom stereocenters. The number of nitrogens with zero attached hydrogens (tertiary/aromatic N) is 3. The summed E-state index contributed by atoms with van der Waals surface area (Å²) in [4.78, 5) is 7.18. The van der Waals surface area contributed by atoms with Gasteiger partial charge in [-0.05, 0) is 25.3 Å². The molecular formula is C23H36IN5O2. The van der Waals surface area contributed by atoms with Gasteiger partial charge in [-0.3, -0.25) is 4.90 Å². The molecule has 0 radical (unpaired) electrons. The van der Waals surface area contributed by atoms with Gasteiger partial charge in [0.05, 0.1) is 24.9 Å². The Morgan fingerprint density at radius 2 is 1.87 bits per heavy atom. The molecule has 0 bridgehead atoms. The van der Waals surface area contributed by atoms with Crippen molar-refractivity contribution in [3.8, 4) is 0 Å². The van der Waals surface area contributed by atoms with Crippen LogP contribution in [0.5, 0.6) is 0 Å². The van der Waals surface area contributed by atoms with E-state index in [1.54, 1.807) is 0 Å². The van der Waals surface area contributed by atoms with Gasteiger partial charge in [0.25, 0.3) is 0 Å². The second-order valence-corrected chi connectivity index (χ2v) is 8.02. The summed E-state index contributed by atoms with van der Waals surface area (Å²) in [7, 11) is 0. The Kier molecular flexibility index (Phi) is 10.8. The summed E-state index contributed by atoms with van der Waals surface area (Å²) < 4.78 is 11.0. The number of aromatic nitrogens is 1. The molecule has 0 amide bonds. The van der Waals surface area contributed by atoms with E-state index in [0.717, 1.165) is 56.8 Å². The summed E-state index contributed by atoms with van der Waals surface area (Å²) in [5, 5.41) is 11.0. The highest BCUT2D eigenvalue weighted by Crippen LogP contribution is 2.22. The van der Waals surface area contributed by atoms with Gasteiger partial charge in [-0.15, -0.1) is 24.0 Å². The lowest BCUT2D eigenvalue weighted by Gasteiger charge is -2.35. The minimum absolute atomic E-state index is 0. The number of hydrogen-bond acceptors (Lipinski definition) is 5. The summed E-state index contributed by atoms with van der Waals surface area (Å²) in [6.07, 6.45) is 0. The maximum absolute atomic E-state index is 5.56. The number of rotatable bonds is 8. The number of hydrogen-bond donors (Lipinski definition) is 2. The predicted octanol–water partition coefficient (Wildman–Crippen LogP) is 3.85. The second-order valence-electron chi connectivity index (χ2n) is 8.02. The Balaban J connectivity index is 0.00000341. The number of aryl methyl sites for hydroxylation is 1. The molecule has 2 heterocycles. The van der Waals surface area contributed by atoms with Crippen molar-refractivity contribution in [3.63, 3.8) is 0 Å². The van der Waals surface area contributed by atoms with Crippen LogP contribution in [-0.4, -0.2) is 55.4 Å². The maximum Gasteiger partial charge on any atom is 0.191 e. The van der Waals surface area contributed by atoms with Gasteiger partial charge >= 0.3 is 0 Å². The topological polar surface area (TPSA) is 74.9 Å². The maximum atomic E-state index is 5.56. The smallest absolute Gasteiger partial charge is 0.191 e. The highest BCUT2D eigenvalue weighted by Gasteiger charge is 2.23. The molecule has 1 fully saturated rings. The van der Waals surface area contributed by atoms with E-state index in [9.17, 15) is 0 Å². The van der Waals surface area contributed by atoms with E-state index in [0.29, 0.717) is 12.5 Å². The number of ether oxygens (including phenoxy) is 1. The molecule has 1 aromatic carbocycles. The Morgan fingerprint density at radius 3 is 2.48 bits per heavy atom. The van der Waals surface area contributed by atoms with Crippen molar-refractivity contribution in [1.29, 1.82) is 0 Å². The van der Waals surface area contributed by atoms with Gasteiger partial charge in [0, 0.05) is 32.2 Å². The SMILES string of the molecule is CCNC(=NCc1cc(C(C)C)no1)NCC(c1ccc(C)cc1)N1CCOCC1.I. The van der Waals surface area contributed by atoms with Crippen LogP contribution in [0.25, 0.3) is 0 Å². The molecule has 8 heteroatoms. The minimum atomic E-state index is 0. The summed E-state index contributed by atoms with van der Waals surface area (Å²) in [6.45, 7) is 13.9. The molecule has 1 aliphatic heterocycles. The fraction of sp³-hybridized carbons (Fsp3) is 0.565. The summed E-state index contributed by atoms with van der Waals surface area (Å²) in [6, 6.07) is 11.1. The van der Waals surface area contributed by atoms with Crippen molar-refractivity contribution in [3.05, 3.63) is 52.9 Å². The monoisotopic (exact) mass is 541 g/mol. The number of morpholine rings is 1. The normalized spacial score (nSPS) is 16.1. The quantitative estimate of drug-likeness (QED) is 0.301. The molecule has 1 aromatic heterocycles. The molecule has 7 nitrogen and oxygen atoms in total. The third-order valence-electron chi connectivity index (χ3n) is 5.32. The number of guanidine groups is 1. The molecule has 31 heavy (non-hydrogen) atoms. The Bertz CT molecular complexity index is 801. The van der Waals surface area contributed by atoms with Crippen molar-refractivity contribution in [2.24, 2.45) is 4.99 Å². The molecule has 0 spiro atoms. The lowest BCUT2D eigenvalue weighted by atomic mass is 10.0. The van der Waals surface area contributed by atoms with E-state index in [1.807, 2.05) is 6.07 Å². The van der Waals surface area contributed by atoms with E-state index < -0.39 is 0 Å². The fourth-order valence-electron chi connectivity index (χ4n) is 3.50. The van der Waals surface area contributed by atoms with Gasteiger partial charge in [0.2, 0.25) is 0 Å². The van der Waals surface area contributed by atoms with Crippen LogP contribution in [-0.2, 0) is 11.3 Å². The number of aliphatic imine (C=N–C) groups is 1. The van der Waals surface area contributed by atoms with E-state index in [-0.39, 0.29) is 30.0 Å².